The van der Waals surface area contributed by atoms with Gasteiger partial charge in [-0.15, -0.1) is 0 Å². The highest BCUT2D eigenvalue weighted by Crippen LogP contribution is 2.23. The minimum absolute atomic E-state index is 0.329. The molecule has 1 fully saturated rings. The fourth-order valence-corrected chi connectivity index (χ4v) is 3.39. The zero-order valence-electron chi connectivity index (χ0n) is 16.7. The summed E-state index contributed by atoms with van der Waals surface area (Å²) in [6.07, 6.45) is 1.76. The van der Waals surface area contributed by atoms with Gasteiger partial charge in [0.25, 0.3) is 0 Å². The zero-order chi connectivity index (χ0) is 20.6. The second-order valence-corrected chi connectivity index (χ2v) is 7.00. The third-order valence-electron chi connectivity index (χ3n) is 4.91. The Balaban J connectivity index is 1.45. The monoisotopic (exact) mass is 400 g/mol. The Morgan fingerprint density at radius 2 is 1.90 bits per heavy atom. The molecule has 2 heterocycles. The van der Waals surface area contributed by atoms with Crippen molar-refractivity contribution in [2.75, 3.05) is 43.1 Å². The van der Waals surface area contributed by atoms with E-state index in [1.807, 2.05) is 36.4 Å². The summed E-state index contributed by atoms with van der Waals surface area (Å²) in [5.41, 5.74) is 5.10. The maximum Gasteiger partial charge on any atom is 0.227 e. The van der Waals surface area contributed by atoms with E-state index >= 15 is 0 Å². The summed E-state index contributed by atoms with van der Waals surface area (Å²) in [4.78, 5) is 11.3. The van der Waals surface area contributed by atoms with Crippen molar-refractivity contribution in [1.82, 2.24) is 15.3 Å². The van der Waals surface area contributed by atoms with Crippen LogP contribution in [0.4, 0.5) is 17.3 Å². The molecule has 30 heavy (non-hydrogen) atoms. The van der Waals surface area contributed by atoms with Crippen molar-refractivity contribution < 1.29 is 4.74 Å². The Hall–Kier alpha value is -3.47. The van der Waals surface area contributed by atoms with Gasteiger partial charge < -0.3 is 20.3 Å². The van der Waals surface area contributed by atoms with Gasteiger partial charge in [-0.2, -0.15) is 5.26 Å². The van der Waals surface area contributed by atoms with Crippen molar-refractivity contribution in [3.8, 4) is 17.3 Å². The SMILES string of the molecule is N#CCNCc1cccc(-c2ccnc(Nc3ccc(N4CCOCC4)cc3)n2)c1. The lowest BCUT2D eigenvalue weighted by atomic mass is 10.1. The maximum absolute atomic E-state index is 8.67. The summed E-state index contributed by atoms with van der Waals surface area (Å²) in [6, 6.07) is 20.4. The Kier molecular flexibility index (Phi) is 6.50. The molecule has 152 valence electrons. The number of nitriles is 1. The number of anilines is 3. The van der Waals surface area contributed by atoms with Gasteiger partial charge >= 0.3 is 0 Å². The highest BCUT2D eigenvalue weighted by Gasteiger charge is 2.11. The lowest BCUT2D eigenvalue weighted by Crippen LogP contribution is -2.36. The quantitative estimate of drug-likeness (QED) is 0.465. The highest BCUT2D eigenvalue weighted by atomic mass is 16.5. The van der Waals surface area contributed by atoms with Gasteiger partial charge in [0.15, 0.2) is 0 Å². The predicted molar refractivity (Wildman–Crippen MR) is 118 cm³/mol. The minimum atomic E-state index is 0.329. The average Bonchev–Trinajstić information content (AvgIpc) is 2.81. The highest BCUT2D eigenvalue weighted by molar-refractivity contribution is 5.64. The van der Waals surface area contributed by atoms with Crippen molar-refractivity contribution in [3.05, 3.63) is 66.4 Å². The molecule has 1 saturated heterocycles. The zero-order valence-corrected chi connectivity index (χ0v) is 16.7. The molecule has 1 aliphatic rings. The van der Waals surface area contributed by atoms with Gasteiger partial charge in [0.1, 0.15) is 0 Å². The van der Waals surface area contributed by atoms with Crippen LogP contribution in [0.1, 0.15) is 5.56 Å². The molecule has 0 aliphatic carbocycles. The Morgan fingerprint density at radius 1 is 1.07 bits per heavy atom. The largest absolute Gasteiger partial charge is 0.378 e. The molecule has 4 rings (SSSR count). The summed E-state index contributed by atoms with van der Waals surface area (Å²) in [6.45, 7) is 4.36. The van der Waals surface area contributed by atoms with Gasteiger partial charge in [-0.3, -0.25) is 0 Å². The molecule has 7 heteroatoms. The first-order valence-corrected chi connectivity index (χ1v) is 10.0. The molecular weight excluding hydrogens is 376 g/mol. The van der Waals surface area contributed by atoms with Gasteiger partial charge in [-0.25, -0.2) is 9.97 Å². The normalized spacial score (nSPS) is 13.6. The molecule has 7 nitrogen and oxygen atoms in total. The average molecular weight is 400 g/mol. The number of nitrogens with one attached hydrogen (secondary N) is 2. The molecule has 0 saturated carbocycles. The molecule has 2 N–H and O–H groups in total. The third-order valence-corrected chi connectivity index (χ3v) is 4.91. The molecule has 0 radical (unpaired) electrons. The first-order chi connectivity index (χ1) is 14.8. The third kappa shape index (κ3) is 5.11. The van der Waals surface area contributed by atoms with E-state index in [2.05, 4.69) is 49.8 Å². The van der Waals surface area contributed by atoms with E-state index in [4.69, 9.17) is 10.00 Å². The van der Waals surface area contributed by atoms with Crippen LogP contribution in [0.15, 0.2) is 60.8 Å². The summed E-state index contributed by atoms with van der Waals surface area (Å²) in [5.74, 6) is 0.555. The Bertz CT molecular complexity index is 1010. The van der Waals surface area contributed by atoms with Crippen molar-refractivity contribution in [3.63, 3.8) is 0 Å². The number of hydrogen-bond acceptors (Lipinski definition) is 7. The summed E-state index contributed by atoms with van der Waals surface area (Å²) < 4.78 is 5.42. The molecule has 0 spiro atoms. The van der Waals surface area contributed by atoms with Gasteiger partial charge in [0.05, 0.1) is 31.5 Å². The number of ether oxygens (including phenoxy) is 1. The first-order valence-electron chi connectivity index (χ1n) is 10.0. The van der Waals surface area contributed by atoms with Gasteiger partial charge in [-0.1, -0.05) is 18.2 Å². The molecule has 3 aromatic rings. The van der Waals surface area contributed by atoms with E-state index in [9.17, 15) is 0 Å². The lowest BCUT2D eigenvalue weighted by molar-refractivity contribution is 0.122. The van der Waals surface area contributed by atoms with E-state index in [1.54, 1.807) is 6.20 Å². The van der Waals surface area contributed by atoms with Crippen LogP contribution >= 0.6 is 0 Å². The number of nitrogens with zero attached hydrogens (tertiary/aromatic N) is 4. The minimum Gasteiger partial charge on any atom is -0.378 e. The van der Waals surface area contributed by atoms with Crippen LogP contribution in [0, 0.1) is 11.3 Å². The molecule has 0 amide bonds. The maximum atomic E-state index is 8.67. The molecule has 1 aliphatic heterocycles. The number of rotatable bonds is 7. The van der Waals surface area contributed by atoms with Gasteiger partial charge in [0.2, 0.25) is 5.95 Å². The number of morpholine rings is 1. The first kappa shape index (κ1) is 19.8. The number of hydrogen-bond donors (Lipinski definition) is 2. The van der Waals surface area contributed by atoms with Crippen LogP contribution in [-0.4, -0.2) is 42.8 Å². The van der Waals surface area contributed by atoms with Gasteiger partial charge in [0, 0.05) is 42.8 Å². The Labute approximate surface area is 176 Å². The second kappa shape index (κ2) is 9.83. The topological polar surface area (TPSA) is 86.1 Å². The van der Waals surface area contributed by atoms with Crippen LogP contribution < -0.4 is 15.5 Å². The molecule has 0 atom stereocenters. The standard InChI is InChI=1S/C23H24N6O/c24-9-11-25-17-18-2-1-3-19(16-18)22-8-10-26-23(28-22)27-20-4-6-21(7-5-20)29-12-14-30-15-13-29/h1-8,10,16,25H,11-15,17H2,(H,26,27,28). The van der Waals surface area contributed by atoms with Crippen LogP contribution in [0.5, 0.6) is 0 Å². The van der Waals surface area contributed by atoms with E-state index in [1.165, 1.54) is 5.69 Å². The van der Waals surface area contributed by atoms with Crippen LogP contribution in [0.25, 0.3) is 11.3 Å². The summed E-state index contributed by atoms with van der Waals surface area (Å²) in [7, 11) is 0. The molecule has 1 aromatic heterocycles. The molecule has 2 aromatic carbocycles. The smallest absolute Gasteiger partial charge is 0.227 e. The summed E-state index contributed by atoms with van der Waals surface area (Å²) >= 11 is 0. The van der Waals surface area contributed by atoms with Crippen molar-refractivity contribution in [2.24, 2.45) is 0 Å². The van der Waals surface area contributed by atoms with Crippen molar-refractivity contribution in [2.45, 2.75) is 6.54 Å². The van der Waals surface area contributed by atoms with E-state index in [0.717, 1.165) is 48.8 Å². The second-order valence-electron chi connectivity index (χ2n) is 7.00. The van der Waals surface area contributed by atoms with E-state index < -0.39 is 0 Å². The molecular formula is C23H24N6O. The molecule has 0 bridgehead atoms. The Morgan fingerprint density at radius 3 is 2.70 bits per heavy atom. The number of aromatic nitrogens is 2. The van der Waals surface area contributed by atoms with Crippen molar-refractivity contribution >= 4 is 17.3 Å². The molecule has 0 unspecified atom stereocenters. The fourth-order valence-electron chi connectivity index (χ4n) is 3.39. The van der Waals surface area contributed by atoms with E-state index in [0.29, 0.717) is 19.0 Å². The summed E-state index contributed by atoms with van der Waals surface area (Å²) in [5, 5.41) is 15.0. The fraction of sp³-hybridized carbons (Fsp3) is 0.261. The van der Waals surface area contributed by atoms with Crippen LogP contribution in [0.2, 0.25) is 0 Å². The number of benzene rings is 2. The van der Waals surface area contributed by atoms with Crippen molar-refractivity contribution in [1.29, 1.82) is 5.26 Å². The van der Waals surface area contributed by atoms with Crippen LogP contribution in [-0.2, 0) is 11.3 Å². The van der Waals surface area contributed by atoms with E-state index in [-0.39, 0.29) is 0 Å². The van der Waals surface area contributed by atoms with Crippen LogP contribution in [0.3, 0.4) is 0 Å². The predicted octanol–water partition coefficient (Wildman–Crippen LogP) is 3.34. The lowest BCUT2D eigenvalue weighted by Gasteiger charge is -2.28. The van der Waals surface area contributed by atoms with Gasteiger partial charge in [-0.05, 0) is 42.0 Å².